The summed E-state index contributed by atoms with van der Waals surface area (Å²) in [5.74, 6) is -1.20. The van der Waals surface area contributed by atoms with Crippen LogP contribution in [0.3, 0.4) is 0 Å². The number of carbonyl (C=O) groups is 2. The first-order valence-electron chi connectivity index (χ1n) is 38.3. The summed E-state index contributed by atoms with van der Waals surface area (Å²) >= 11 is 0. The molecule has 1 saturated heterocycles. The Morgan fingerprint density at radius 2 is 0.774 bits per heavy atom. The molecule has 8 unspecified atom stereocenters. The van der Waals surface area contributed by atoms with E-state index in [1.165, 1.54) is 141 Å². The zero-order valence-corrected chi connectivity index (χ0v) is 59.6. The number of allylic oxidation sites excluding steroid dienone is 19. The third kappa shape index (κ3) is 54.8. The Balaban J connectivity index is 2.51. The van der Waals surface area contributed by atoms with E-state index in [9.17, 15) is 35.1 Å². The molecular formula is C82H141NO10. The molecule has 0 aliphatic carbocycles. The fourth-order valence-corrected chi connectivity index (χ4v) is 11.4. The van der Waals surface area contributed by atoms with Gasteiger partial charge in [-0.05, 0) is 116 Å². The molecule has 0 bridgehead atoms. The number of unbranched alkanes of at least 4 members (excludes halogenated alkanes) is 33. The van der Waals surface area contributed by atoms with E-state index in [1.54, 1.807) is 6.08 Å². The number of aliphatic hydroxyl groups excluding tert-OH is 5. The van der Waals surface area contributed by atoms with Gasteiger partial charge in [-0.1, -0.05) is 322 Å². The van der Waals surface area contributed by atoms with Crippen molar-refractivity contribution in [2.45, 2.75) is 372 Å². The predicted octanol–water partition coefficient (Wildman–Crippen LogP) is 20.5. The van der Waals surface area contributed by atoms with Crippen LogP contribution in [0.2, 0.25) is 0 Å². The second-order valence-corrected chi connectivity index (χ2v) is 26.0. The minimum atomic E-state index is -1.62. The highest BCUT2D eigenvalue weighted by Crippen LogP contribution is 2.26. The van der Waals surface area contributed by atoms with Crippen molar-refractivity contribution in [3.63, 3.8) is 0 Å². The number of aliphatic hydroxyl groups is 5. The molecule has 0 aromatic carbocycles. The second-order valence-electron chi connectivity index (χ2n) is 26.0. The van der Waals surface area contributed by atoms with Crippen molar-refractivity contribution in [3.8, 4) is 0 Å². The summed E-state index contributed by atoms with van der Waals surface area (Å²) in [5.41, 5.74) is 0. The summed E-state index contributed by atoms with van der Waals surface area (Å²) in [4.78, 5) is 26.7. The van der Waals surface area contributed by atoms with Crippen molar-refractivity contribution < 1.29 is 49.3 Å². The molecule has 11 heteroatoms. The van der Waals surface area contributed by atoms with E-state index in [1.807, 2.05) is 6.08 Å². The molecule has 1 fully saturated rings. The van der Waals surface area contributed by atoms with Crippen LogP contribution < -0.4 is 5.32 Å². The lowest BCUT2D eigenvalue weighted by Crippen LogP contribution is -2.61. The van der Waals surface area contributed by atoms with E-state index in [0.717, 1.165) is 135 Å². The third-order valence-corrected chi connectivity index (χ3v) is 17.3. The van der Waals surface area contributed by atoms with Crippen LogP contribution in [0.4, 0.5) is 0 Å². The average molecular weight is 1300 g/mol. The smallest absolute Gasteiger partial charge is 0.306 e. The number of amides is 1. The minimum absolute atomic E-state index is 0.117. The number of nitrogens with one attached hydrogen (secondary N) is 1. The van der Waals surface area contributed by atoms with Gasteiger partial charge in [0.25, 0.3) is 0 Å². The molecular weight excluding hydrogens is 1160 g/mol. The van der Waals surface area contributed by atoms with Crippen LogP contribution in [0.15, 0.2) is 122 Å². The van der Waals surface area contributed by atoms with E-state index < -0.39 is 67.4 Å². The Bertz CT molecular complexity index is 1980. The molecule has 93 heavy (non-hydrogen) atoms. The van der Waals surface area contributed by atoms with Crippen LogP contribution in [-0.4, -0.2) is 99.6 Å². The Kier molecular flexibility index (Phi) is 63.7. The standard InChI is InChI=1S/C82H141NO10/c1-4-7-10-13-16-19-22-24-26-28-30-32-34-36-38-40-42-44-46-48-50-52-55-58-61-64-67-70-77(87)93-80-79(89)78(88)76(71-84)92-82(80)91-72-73(74(85)68-65-62-59-56-53-21-18-15-12-9-6-3)83-81(90)75(86)69-66-63-60-57-54-51-49-47-45-43-41-39-37-35-33-31-29-27-25-23-20-17-14-11-8-5-2/h8,11,16-17,19-20,24-27,30-33,37,39,43,45,65,68,73-76,78-80,82,84-86,88-89H,4-7,9-10,12-15,18,21-23,28-29,34-36,38,40-42,44,46-64,66-67,69-72H2,1-3H3,(H,83,90)/b11-8-,19-16-,20-17-,26-24-,27-25-,32-30-,33-31-,39-37-,45-43-,68-65+. The quantitative estimate of drug-likeness (QED) is 0.0195. The van der Waals surface area contributed by atoms with E-state index in [0.29, 0.717) is 12.8 Å². The number of hydrogen-bond acceptors (Lipinski definition) is 10. The highest BCUT2D eigenvalue weighted by molar-refractivity contribution is 5.80. The van der Waals surface area contributed by atoms with Crippen molar-refractivity contribution in [3.05, 3.63) is 122 Å². The lowest BCUT2D eigenvalue weighted by Gasteiger charge is -2.41. The number of ether oxygens (including phenoxy) is 3. The van der Waals surface area contributed by atoms with Gasteiger partial charge in [0.1, 0.15) is 24.4 Å². The molecule has 8 atom stereocenters. The Morgan fingerprint density at radius 3 is 1.18 bits per heavy atom. The van der Waals surface area contributed by atoms with Crippen molar-refractivity contribution >= 4 is 11.9 Å². The van der Waals surface area contributed by atoms with Crippen LogP contribution in [0.25, 0.3) is 0 Å². The normalized spacial score (nSPS) is 18.6. The molecule has 1 heterocycles. The Morgan fingerprint density at radius 1 is 0.430 bits per heavy atom. The molecule has 1 amide bonds. The monoisotopic (exact) mass is 1300 g/mol. The van der Waals surface area contributed by atoms with Gasteiger partial charge in [-0.2, -0.15) is 0 Å². The summed E-state index contributed by atoms with van der Waals surface area (Å²) in [6.45, 7) is 5.66. The Labute approximate surface area is 570 Å². The van der Waals surface area contributed by atoms with Crippen LogP contribution in [0.5, 0.6) is 0 Å². The highest BCUT2D eigenvalue weighted by atomic mass is 16.7. The largest absolute Gasteiger partial charge is 0.454 e. The zero-order chi connectivity index (χ0) is 67.4. The molecule has 0 radical (unpaired) electrons. The van der Waals surface area contributed by atoms with Gasteiger partial charge in [0, 0.05) is 6.42 Å². The second kappa shape index (κ2) is 68.0. The van der Waals surface area contributed by atoms with E-state index in [4.69, 9.17) is 14.2 Å². The predicted molar refractivity (Wildman–Crippen MR) is 393 cm³/mol. The van der Waals surface area contributed by atoms with Crippen molar-refractivity contribution in [1.29, 1.82) is 0 Å². The SMILES string of the molecule is CC/C=C\C/C=C\C/C=C\C/C=C\C/C=C\C/C=C\CCCCCCCCCC(O)C(=O)NC(COC1OC(CO)C(O)C(O)C1OC(=O)CCCCCCCCCCCCCCCC/C=C\C/C=C\C/C=C\CCCCC)C(O)/C=C/CCCCCCCCCCC. The van der Waals surface area contributed by atoms with Crippen LogP contribution in [0.1, 0.15) is 323 Å². The fraction of sp³-hybridized carbons (Fsp3) is 0.732. The van der Waals surface area contributed by atoms with Gasteiger partial charge in [0.2, 0.25) is 5.91 Å². The van der Waals surface area contributed by atoms with Gasteiger partial charge in [-0.25, -0.2) is 0 Å². The average Bonchev–Trinajstić information content (AvgIpc) is 0.974. The van der Waals surface area contributed by atoms with Crippen molar-refractivity contribution in [2.24, 2.45) is 0 Å². The van der Waals surface area contributed by atoms with Gasteiger partial charge in [-0.3, -0.25) is 9.59 Å². The summed E-state index contributed by atoms with van der Waals surface area (Å²) in [6.07, 6.45) is 85.3. The van der Waals surface area contributed by atoms with Crippen LogP contribution in [0, 0.1) is 0 Å². The number of esters is 1. The van der Waals surface area contributed by atoms with Crippen molar-refractivity contribution in [1.82, 2.24) is 5.32 Å². The lowest BCUT2D eigenvalue weighted by molar-refractivity contribution is -0.305. The summed E-state index contributed by atoms with van der Waals surface area (Å²) in [7, 11) is 0. The van der Waals surface area contributed by atoms with Crippen LogP contribution in [-0.2, 0) is 23.8 Å². The summed E-state index contributed by atoms with van der Waals surface area (Å²) in [6, 6.07) is -1.04. The van der Waals surface area contributed by atoms with Gasteiger partial charge in [0.15, 0.2) is 12.4 Å². The molecule has 1 aliphatic rings. The molecule has 0 aromatic heterocycles. The summed E-state index contributed by atoms with van der Waals surface area (Å²) < 4.78 is 17.7. The molecule has 11 nitrogen and oxygen atoms in total. The maximum absolute atomic E-state index is 13.5. The maximum Gasteiger partial charge on any atom is 0.306 e. The first-order chi connectivity index (χ1) is 45.7. The topological polar surface area (TPSA) is 175 Å². The number of carbonyl (C=O) groups excluding carboxylic acids is 2. The van der Waals surface area contributed by atoms with E-state index in [2.05, 4.69) is 135 Å². The zero-order valence-electron chi connectivity index (χ0n) is 59.6. The number of rotatable bonds is 65. The molecule has 1 aliphatic heterocycles. The highest BCUT2D eigenvalue weighted by Gasteiger charge is 2.47. The molecule has 0 spiro atoms. The first kappa shape index (κ1) is 87.1. The van der Waals surface area contributed by atoms with Gasteiger partial charge >= 0.3 is 5.97 Å². The molecule has 1 rings (SSSR count). The number of hydrogen-bond donors (Lipinski definition) is 6. The maximum atomic E-state index is 13.5. The molecule has 534 valence electrons. The van der Waals surface area contributed by atoms with E-state index >= 15 is 0 Å². The summed E-state index contributed by atoms with van der Waals surface area (Å²) in [5, 5.41) is 57.3. The van der Waals surface area contributed by atoms with Gasteiger partial charge < -0.3 is 45.1 Å². The van der Waals surface area contributed by atoms with Gasteiger partial charge in [0.05, 0.1) is 25.4 Å². The first-order valence-corrected chi connectivity index (χ1v) is 38.3. The fourth-order valence-electron chi connectivity index (χ4n) is 11.4. The Hall–Kier alpha value is -3.94. The van der Waals surface area contributed by atoms with Crippen LogP contribution >= 0.6 is 0 Å². The minimum Gasteiger partial charge on any atom is -0.454 e. The van der Waals surface area contributed by atoms with Crippen molar-refractivity contribution in [2.75, 3.05) is 13.2 Å². The lowest BCUT2D eigenvalue weighted by atomic mass is 9.99. The molecule has 0 aromatic rings. The van der Waals surface area contributed by atoms with E-state index in [-0.39, 0.29) is 19.4 Å². The van der Waals surface area contributed by atoms with Gasteiger partial charge in [-0.15, -0.1) is 0 Å². The third-order valence-electron chi connectivity index (χ3n) is 17.3. The molecule has 6 N–H and O–H groups in total. The molecule has 0 saturated carbocycles.